The smallest absolute Gasteiger partial charge is 0.255 e. The van der Waals surface area contributed by atoms with Crippen molar-refractivity contribution < 1.29 is 9.90 Å². The fourth-order valence-electron chi connectivity index (χ4n) is 2.91. The number of hydrogen-bond donors (Lipinski definition) is 3. The molecule has 1 fully saturated rings. The highest BCUT2D eigenvalue weighted by Gasteiger charge is 2.42. The van der Waals surface area contributed by atoms with E-state index >= 15 is 0 Å². The minimum absolute atomic E-state index is 0.0356. The Morgan fingerprint density at radius 1 is 1.50 bits per heavy atom. The molecule has 1 atom stereocenters. The van der Waals surface area contributed by atoms with E-state index in [9.17, 15) is 9.90 Å². The number of hydrogen-bond acceptors (Lipinski definition) is 4. The van der Waals surface area contributed by atoms with Gasteiger partial charge in [0.05, 0.1) is 5.69 Å². The molecule has 1 aliphatic heterocycles. The molecule has 6 heteroatoms. The summed E-state index contributed by atoms with van der Waals surface area (Å²) in [6.45, 7) is 10.5. The van der Waals surface area contributed by atoms with Gasteiger partial charge < -0.3 is 15.3 Å². The summed E-state index contributed by atoms with van der Waals surface area (Å²) in [6.07, 6.45) is 1.35. The molecule has 3 N–H and O–H groups in total. The van der Waals surface area contributed by atoms with E-state index in [2.05, 4.69) is 36.3 Å². The van der Waals surface area contributed by atoms with Crippen LogP contribution in [-0.2, 0) is 11.3 Å². The highest BCUT2D eigenvalue weighted by Crippen LogP contribution is 2.25. The molecular weight excluding hydrogens is 280 g/mol. The largest absolute Gasteiger partial charge is 0.379 e. The Morgan fingerprint density at radius 2 is 2.23 bits per heavy atom. The van der Waals surface area contributed by atoms with Gasteiger partial charge in [-0.25, -0.2) is 0 Å². The summed E-state index contributed by atoms with van der Waals surface area (Å²) < 4.78 is 0. The average Bonchev–Trinajstić information content (AvgIpc) is 2.80. The number of rotatable bonds is 5. The number of nitrogens with one attached hydrogen (secondary N) is 2. The topological polar surface area (TPSA) is 81.2 Å². The lowest BCUT2D eigenvalue weighted by Gasteiger charge is -2.40. The minimum Gasteiger partial charge on any atom is -0.379 e. The van der Waals surface area contributed by atoms with Crippen molar-refractivity contribution in [2.75, 3.05) is 19.6 Å². The van der Waals surface area contributed by atoms with E-state index in [0.717, 1.165) is 24.4 Å². The van der Waals surface area contributed by atoms with Gasteiger partial charge in [-0.1, -0.05) is 20.8 Å². The van der Waals surface area contributed by atoms with Crippen molar-refractivity contribution in [2.45, 2.75) is 52.7 Å². The fourth-order valence-corrected chi connectivity index (χ4v) is 2.91. The van der Waals surface area contributed by atoms with Gasteiger partial charge in [0.15, 0.2) is 5.60 Å². The van der Waals surface area contributed by atoms with Crippen molar-refractivity contribution >= 4 is 5.91 Å². The number of aromatic nitrogens is 2. The fraction of sp³-hybridized carbons (Fsp3) is 0.750. The monoisotopic (exact) mass is 308 g/mol. The highest BCUT2D eigenvalue weighted by molar-refractivity contribution is 5.86. The van der Waals surface area contributed by atoms with Crippen LogP contribution in [0.2, 0.25) is 0 Å². The molecule has 1 aromatic heterocycles. The van der Waals surface area contributed by atoms with E-state index in [1.807, 2.05) is 13.0 Å². The normalized spacial score (nSPS) is 23.1. The zero-order chi connectivity index (χ0) is 16.4. The van der Waals surface area contributed by atoms with E-state index in [-0.39, 0.29) is 17.9 Å². The van der Waals surface area contributed by atoms with Gasteiger partial charge in [0.2, 0.25) is 0 Å². The summed E-state index contributed by atoms with van der Waals surface area (Å²) in [7, 11) is 0. The van der Waals surface area contributed by atoms with Crippen LogP contribution in [0.1, 0.15) is 45.0 Å². The van der Waals surface area contributed by atoms with E-state index < -0.39 is 5.60 Å². The Balaban J connectivity index is 1.91. The Kier molecular flexibility index (Phi) is 4.92. The zero-order valence-electron chi connectivity index (χ0n) is 14.1. The molecule has 1 saturated heterocycles. The molecule has 0 unspecified atom stereocenters. The van der Waals surface area contributed by atoms with Crippen LogP contribution in [0.4, 0.5) is 0 Å². The third kappa shape index (κ3) is 4.30. The number of aromatic amines is 1. The summed E-state index contributed by atoms with van der Waals surface area (Å²) in [5.74, 6) is -0.153. The average molecular weight is 308 g/mol. The Morgan fingerprint density at radius 3 is 2.82 bits per heavy atom. The van der Waals surface area contributed by atoms with Gasteiger partial charge in [-0.05, 0) is 31.2 Å². The molecule has 2 heterocycles. The first-order valence-corrected chi connectivity index (χ1v) is 7.93. The maximum atomic E-state index is 12.6. The summed E-state index contributed by atoms with van der Waals surface area (Å²) in [4.78, 5) is 14.4. The molecule has 1 aromatic rings. The van der Waals surface area contributed by atoms with E-state index in [0.29, 0.717) is 19.5 Å². The van der Waals surface area contributed by atoms with Crippen LogP contribution < -0.4 is 5.32 Å². The first-order valence-electron chi connectivity index (χ1n) is 7.93. The van der Waals surface area contributed by atoms with Crippen LogP contribution in [0, 0.1) is 12.3 Å². The molecule has 0 bridgehead atoms. The van der Waals surface area contributed by atoms with Crippen LogP contribution in [0.15, 0.2) is 6.07 Å². The maximum Gasteiger partial charge on any atom is 0.255 e. The molecule has 22 heavy (non-hydrogen) atoms. The molecule has 0 saturated carbocycles. The number of aryl methyl sites for hydroxylation is 1. The molecule has 0 aliphatic carbocycles. The number of amides is 1. The summed E-state index contributed by atoms with van der Waals surface area (Å²) in [5.41, 5.74) is 0.625. The van der Waals surface area contributed by atoms with Crippen molar-refractivity contribution in [3.63, 3.8) is 0 Å². The number of nitrogens with zero attached hydrogens (tertiary/aromatic N) is 2. The van der Waals surface area contributed by atoms with Crippen molar-refractivity contribution in [3.05, 3.63) is 17.5 Å². The highest BCUT2D eigenvalue weighted by atomic mass is 16.3. The van der Waals surface area contributed by atoms with Gasteiger partial charge in [0.25, 0.3) is 5.91 Å². The van der Waals surface area contributed by atoms with E-state index in [1.165, 1.54) is 0 Å². The van der Waals surface area contributed by atoms with Gasteiger partial charge in [0.1, 0.15) is 0 Å². The van der Waals surface area contributed by atoms with Gasteiger partial charge >= 0.3 is 0 Å². The number of likely N-dealkylation sites (tertiary alicyclic amines) is 1. The third-order valence-electron chi connectivity index (χ3n) is 3.85. The van der Waals surface area contributed by atoms with Gasteiger partial charge in [-0.3, -0.25) is 9.89 Å². The van der Waals surface area contributed by atoms with E-state index in [1.54, 1.807) is 4.90 Å². The van der Waals surface area contributed by atoms with Crippen LogP contribution in [0.3, 0.4) is 0 Å². The second-order valence-electron chi connectivity index (χ2n) is 7.57. The molecule has 1 amide bonds. The Labute approximate surface area is 132 Å². The zero-order valence-corrected chi connectivity index (χ0v) is 14.1. The quantitative estimate of drug-likeness (QED) is 0.763. The van der Waals surface area contributed by atoms with Gasteiger partial charge in [-0.2, -0.15) is 5.10 Å². The molecule has 6 nitrogen and oxygen atoms in total. The lowest BCUT2D eigenvalue weighted by molar-refractivity contribution is -0.158. The molecule has 1 aliphatic rings. The van der Waals surface area contributed by atoms with Crippen LogP contribution in [0.5, 0.6) is 0 Å². The number of aliphatic hydroxyl groups is 1. The molecule has 0 aromatic carbocycles. The summed E-state index contributed by atoms with van der Waals surface area (Å²) >= 11 is 0. The van der Waals surface area contributed by atoms with Crippen molar-refractivity contribution in [1.29, 1.82) is 0 Å². The second kappa shape index (κ2) is 6.38. The van der Waals surface area contributed by atoms with Crippen molar-refractivity contribution in [3.8, 4) is 0 Å². The van der Waals surface area contributed by atoms with Crippen molar-refractivity contribution in [2.24, 2.45) is 5.41 Å². The SMILES string of the molecule is Cc1cc(CNC[C@]2(O)CCCN(CC(C)(C)C)C2=O)n[nH]1. The number of piperidine rings is 1. The lowest BCUT2D eigenvalue weighted by Crippen LogP contribution is -2.59. The van der Waals surface area contributed by atoms with E-state index in [4.69, 9.17) is 0 Å². The first kappa shape index (κ1) is 17.0. The molecule has 0 spiro atoms. The van der Waals surface area contributed by atoms with Crippen LogP contribution in [0.25, 0.3) is 0 Å². The predicted molar refractivity (Wildman–Crippen MR) is 85.3 cm³/mol. The number of carbonyl (C=O) groups is 1. The predicted octanol–water partition coefficient (Wildman–Crippen LogP) is 1.21. The molecule has 2 rings (SSSR count). The summed E-state index contributed by atoms with van der Waals surface area (Å²) in [6, 6.07) is 1.95. The lowest BCUT2D eigenvalue weighted by atomic mass is 9.88. The van der Waals surface area contributed by atoms with Crippen LogP contribution in [-0.4, -0.2) is 51.3 Å². The van der Waals surface area contributed by atoms with Crippen molar-refractivity contribution in [1.82, 2.24) is 20.4 Å². The Hall–Kier alpha value is -1.40. The second-order valence-corrected chi connectivity index (χ2v) is 7.57. The van der Waals surface area contributed by atoms with Gasteiger partial charge in [0, 0.05) is 31.9 Å². The Bertz CT molecular complexity index is 520. The summed E-state index contributed by atoms with van der Waals surface area (Å²) in [5, 5.41) is 20.9. The maximum absolute atomic E-state index is 12.6. The number of H-pyrrole nitrogens is 1. The number of carbonyl (C=O) groups excluding carboxylic acids is 1. The standard InChI is InChI=1S/C16H28N4O2/c1-12-8-13(19-18-12)9-17-10-16(22)6-5-7-20(14(16)21)11-15(2,3)4/h8,17,22H,5-7,9-11H2,1-4H3,(H,18,19)/t16-/m1/s1. The molecular formula is C16H28N4O2. The minimum atomic E-state index is -1.30. The van der Waals surface area contributed by atoms with Gasteiger partial charge in [-0.15, -0.1) is 0 Å². The molecule has 124 valence electrons. The third-order valence-corrected chi connectivity index (χ3v) is 3.85. The first-order chi connectivity index (χ1) is 10.2. The van der Waals surface area contributed by atoms with Crippen LogP contribution >= 0.6 is 0 Å². The molecule has 0 radical (unpaired) electrons.